The van der Waals surface area contributed by atoms with E-state index < -0.39 is 0 Å². The standard InChI is InChI=1S/C17H19BrFNO/c1-3-8-20-11-13-4-6-15(9-12(13)2)21-17-7-5-14(18)10-16(17)19/h4-7,9-10,20H,3,8,11H2,1-2H3. The molecule has 0 atom stereocenters. The molecule has 0 spiro atoms. The van der Waals surface area contributed by atoms with E-state index in [0.29, 0.717) is 10.2 Å². The van der Waals surface area contributed by atoms with Gasteiger partial charge in [0.1, 0.15) is 5.75 Å². The molecule has 1 N–H and O–H groups in total. The van der Waals surface area contributed by atoms with Crippen LogP contribution in [0.5, 0.6) is 11.5 Å². The van der Waals surface area contributed by atoms with E-state index in [0.717, 1.165) is 25.1 Å². The van der Waals surface area contributed by atoms with E-state index in [-0.39, 0.29) is 11.6 Å². The normalized spacial score (nSPS) is 10.7. The van der Waals surface area contributed by atoms with Gasteiger partial charge in [-0.1, -0.05) is 28.9 Å². The van der Waals surface area contributed by atoms with Crippen LogP contribution in [0.1, 0.15) is 24.5 Å². The Morgan fingerprint density at radius 2 is 2.00 bits per heavy atom. The summed E-state index contributed by atoms with van der Waals surface area (Å²) in [5, 5.41) is 3.37. The van der Waals surface area contributed by atoms with Crippen molar-refractivity contribution in [1.29, 1.82) is 0 Å². The van der Waals surface area contributed by atoms with Crippen LogP contribution in [0.4, 0.5) is 4.39 Å². The Labute approximate surface area is 133 Å². The van der Waals surface area contributed by atoms with Crippen LogP contribution in [0.3, 0.4) is 0 Å². The Morgan fingerprint density at radius 1 is 1.19 bits per heavy atom. The van der Waals surface area contributed by atoms with Crippen LogP contribution in [-0.4, -0.2) is 6.54 Å². The van der Waals surface area contributed by atoms with Gasteiger partial charge in [0, 0.05) is 11.0 Å². The van der Waals surface area contributed by atoms with Gasteiger partial charge in [-0.3, -0.25) is 0 Å². The summed E-state index contributed by atoms with van der Waals surface area (Å²) in [6, 6.07) is 10.6. The van der Waals surface area contributed by atoms with Crippen molar-refractivity contribution in [2.24, 2.45) is 0 Å². The highest BCUT2D eigenvalue weighted by Crippen LogP contribution is 2.28. The average molecular weight is 352 g/mol. The second kappa shape index (κ2) is 7.57. The lowest BCUT2D eigenvalue weighted by Gasteiger charge is -2.11. The number of ether oxygens (including phenoxy) is 1. The minimum absolute atomic E-state index is 0.231. The molecule has 2 aromatic rings. The third kappa shape index (κ3) is 4.55. The quantitative estimate of drug-likeness (QED) is 0.723. The van der Waals surface area contributed by atoms with Crippen LogP contribution >= 0.6 is 15.9 Å². The summed E-state index contributed by atoms with van der Waals surface area (Å²) in [6.45, 7) is 6.02. The lowest BCUT2D eigenvalue weighted by molar-refractivity contribution is 0.441. The van der Waals surface area contributed by atoms with Gasteiger partial charge in [0.05, 0.1) is 0 Å². The number of halogens is 2. The summed E-state index contributed by atoms with van der Waals surface area (Å²) in [6.07, 6.45) is 1.11. The van der Waals surface area contributed by atoms with Crippen molar-refractivity contribution in [3.63, 3.8) is 0 Å². The fraction of sp³-hybridized carbons (Fsp3) is 0.294. The summed E-state index contributed by atoms with van der Waals surface area (Å²) in [5.74, 6) is 0.498. The maximum absolute atomic E-state index is 13.8. The molecule has 0 aliphatic rings. The molecule has 112 valence electrons. The SMILES string of the molecule is CCCNCc1ccc(Oc2ccc(Br)cc2F)cc1C. The monoisotopic (exact) mass is 351 g/mol. The number of hydrogen-bond donors (Lipinski definition) is 1. The highest BCUT2D eigenvalue weighted by molar-refractivity contribution is 9.10. The molecule has 2 nitrogen and oxygen atoms in total. The van der Waals surface area contributed by atoms with Crippen LogP contribution < -0.4 is 10.1 Å². The van der Waals surface area contributed by atoms with Crippen molar-refractivity contribution >= 4 is 15.9 Å². The number of rotatable bonds is 6. The van der Waals surface area contributed by atoms with E-state index in [4.69, 9.17) is 4.74 Å². The average Bonchev–Trinajstić information content (AvgIpc) is 2.44. The van der Waals surface area contributed by atoms with E-state index in [1.165, 1.54) is 11.6 Å². The van der Waals surface area contributed by atoms with Crippen LogP contribution in [0, 0.1) is 12.7 Å². The fourth-order valence-corrected chi connectivity index (χ4v) is 2.35. The third-order valence-corrected chi connectivity index (χ3v) is 3.67. The van der Waals surface area contributed by atoms with Gasteiger partial charge < -0.3 is 10.1 Å². The maximum atomic E-state index is 13.8. The molecule has 0 radical (unpaired) electrons. The Morgan fingerprint density at radius 3 is 2.67 bits per heavy atom. The van der Waals surface area contributed by atoms with Gasteiger partial charge in [-0.05, 0) is 61.3 Å². The van der Waals surface area contributed by atoms with Crippen molar-refractivity contribution < 1.29 is 9.13 Å². The second-order valence-corrected chi connectivity index (χ2v) is 5.86. The molecule has 0 fully saturated rings. The first-order chi connectivity index (χ1) is 10.1. The van der Waals surface area contributed by atoms with Gasteiger partial charge in [0.15, 0.2) is 11.6 Å². The van der Waals surface area contributed by atoms with Crippen LogP contribution in [-0.2, 0) is 6.54 Å². The molecule has 0 heterocycles. The van der Waals surface area contributed by atoms with Gasteiger partial charge >= 0.3 is 0 Å². The van der Waals surface area contributed by atoms with Gasteiger partial charge in [0.25, 0.3) is 0 Å². The molecule has 0 amide bonds. The summed E-state index contributed by atoms with van der Waals surface area (Å²) in [4.78, 5) is 0. The van der Waals surface area contributed by atoms with E-state index in [1.54, 1.807) is 12.1 Å². The van der Waals surface area contributed by atoms with E-state index in [1.807, 2.05) is 25.1 Å². The molecule has 0 saturated carbocycles. The van der Waals surface area contributed by atoms with Gasteiger partial charge in [-0.15, -0.1) is 0 Å². The molecule has 0 bridgehead atoms. The second-order valence-electron chi connectivity index (χ2n) is 4.94. The van der Waals surface area contributed by atoms with Crippen molar-refractivity contribution in [3.05, 3.63) is 57.8 Å². The molecular weight excluding hydrogens is 333 g/mol. The number of nitrogens with one attached hydrogen (secondary N) is 1. The van der Waals surface area contributed by atoms with Crippen LogP contribution in [0.2, 0.25) is 0 Å². The Kier molecular flexibility index (Phi) is 5.76. The predicted molar refractivity (Wildman–Crippen MR) is 87.4 cm³/mol. The van der Waals surface area contributed by atoms with Crippen molar-refractivity contribution in [2.75, 3.05) is 6.54 Å². The molecular formula is C17H19BrFNO. The van der Waals surface area contributed by atoms with E-state index >= 15 is 0 Å². The Bertz CT molecular complexity index is 616. The largest absolute Gasteiger partial charge is 0.454 e. The molecule has 0 aliphatic heterocycles. The van der Waals surface area contributed by atoms with Crippen LogP contribution in [0.15, 0.2) is 40.9 Å². The molecule has 2 aromatic carbocycles. The zero-order valence-corrected chi connectivity index (χ0v) is 13.8. The van der Waals surface area contributed by atoms with E-state index in [2.05, 4.69) is 28.2 Å². The molecule has 0 aliphatic carbocycles. The minimum atomic E-state index is -0.379. The van der Waals surface area contributed by atoms with E-state index in [9.17, 15) is 4.39 Å². The highest BCUT2D eigenvalue weighted by Gasteiger charge is 2.07. The fourth-order valence-electron chi connectivity index (χ4n) is 2.01. The first-order valence-corrected chi connectivity index (χ1v) is 7.82. The summed E-state index contributed by atoms with van der Waals surface area (Å²) in [5.41, 5.74) is 2.36. The maximum Gasteiger partial charge on any atom is 0.166 e. The van der Waals surface area contributed by atoms with Crippen molar-refractivity contribution in [1.82, 2.24) is 5.32 Å². The summed E-state index contributed by atoms with van der Waals surface area (Å²) < 4.78 is 20.1. The zero-order chi connectivity index (χ0) is 15.2. The minimum Gasteiger partial charge on any atom is -0.454 e. The van der Waals surface area contributed by atoms with Gasteiger partial charge in [-0.2, -0.15) is 0 Å². The predicted octanol–water partition coefficient (Wildman–Crippen LogP) is 5.19. The van der Waals surface area contributed by atoms with Crippen molar-refractivity contribution in [2.45, 2.75) is 26.8 Å². The van der Waals surface area contributed by atoms with Crippen molar-refractivity contribution in [3.8, 4) is 11.5 Å². The lowest BCUT2D eigenvalue weighted by Crippen LogP contribution is -2.14. The number of benzene rings is 2. The number of hydrogen-bond acceptors (Lipinski definition) is 2. The summed E-state index contributed by atoms with van der Waals surface area (Å²) in [7, 11) is 0. The number of aryl methyl sites for hydroxylation is 1. The first kappa shape index (κ1) is 16.0. The Balaban J connectivity index is 2.09. The van der Waals surface area contributed by atoms with Gasteiger partial charge in [-0.25, -0.2) is 4.39 Å². The zero-order valence-electron chi connectivity index (χ0n) is 12.2. The van der Waals surface area contributed by atoms with Crippen LogP contribution in [0.25, 0.3) is 0 Å². The molecule has 4 heteroatoms. The Hall–Kier alpha value is -1.39. The summed E-state index contributed by atoms with van der Waals surface area (Å²) >= 11 is 3.23. The molecule has 0 unspecified atom stereocenters. The van der Waals surface area contributed by atoms with Gasteiger partial charge in [0.2, 0.25) is 0 Å². The molecule has 21 heavy (non-hydrogen) atoms. The first-order valence-electron chi connectivity index (χ1n) is 7.03. The lowest BCUT2D eigenvalue weighted by atomic mass is 10.1. The molecule has 0 aromatic heterocycles. The smallest absolute Gasteiger partial charge is 0.166 e. The topological polar surface area (TPSA) is 21.3 Å². The molecule has 2 rings (SSSR count). The third-order valence-electron chi connectivity index (χ3n) is 3.18. The molecule has 0 saturated heterocycles. The highest BCUT2D eigenvalue weighted by atomic mass is 79.9.